The highest BCUT2D eigenvalue weighted by atomic mass is 31.1. The lowest BCUT2D eigenvalue weighted by Crippen LogP contribution is -2.05. The SMILES string of the molecule is CCP(CC)c1cc(C)cc(C)c1. The van der Waals surface area contributed by atoms with Crippen LogP contribution in [0.15, 0.2) is 18.2 Å². The van der Waals surface area contributed by atoms with E-state index in [4.69, 9.17) is 0 Å². The van der Waals surface area contributed by atoms with Gasteiger partial charge < -0.3 is 0 Å². The Morgan fingerprint density at radius 1 is 0.923 bits per heavy atom. The standard InChI is InChI=1S/C12H19P/c1-5-13(6-2)12-8-10(3)7-11(4)9-12/h7-9H,5-6H2,1-4H3. The highest BCUT2D eigenvalue weighted by molar-refractivity contribution is 7.65. The maximum absolute atomic E-state index is 2.35. The minimum Gasteiger partial charge on any atom is -0.0759 e. The molecule has 0 bridgehead atoms. The number of benzene rings is 1. The average Bonchev–Trinajstić information content (AvgIpc) is 2.04. The Kier molecular flexibility index (Phi) is 3.93. The van der Waals surface area contributed by atoms with Gasteiger partial charge in [0.15, 0.2) is 0 Å². The van der Waals surface area contributed by atoms with Gasteiger partial charge in [-0.3, -0.25) is 0 Å². The molecule has 0 aromatic heterocycles. The lowest BCUT2D eigenvalue weighted by atomic mass is 10.2. The molecule has 1 heteroatoms. The van der Waals surface area contributed by atoms with Crippen molar-refractivity contribution >= 4 is 13.2 Å². The maximum atomic E-state index is 2.35. The zero-order chi connectivity index (χ0) is 9.84. The quantitative estimate of drug-likeness (QED) is 0.646. The second-order valence-electron chi connectivity index (χ2n) is 3.52. The molecule has 0 atom stereocenters. The summed E-state index contributed by atoms with van der Waals surface area (Å²) in [7, 11) is 0.116. The van der Waals surface area contributed by atoms with Gasteiger partial charge >= 0.3 is 0 Å². The van der Waals surface area contributed by atoms with Crippen LogP contribution in [0.3, 0.4) is 0 Å². The summed E-state index contributed by atoms with van der Waals surface area (Å²) in [5, 5.41) is 1.58. The summed E-state index contributed by atoms with van der Waals surface area (Å²) in [6, 6.07) is 6.96. The second-order valence-corrected chi connectivity index (χ2v) is 6.38. The first-order valence-electron chi connectivity index (χ1n) is 5.00. The Bertz CT molecular complexity index is 254. The summed E-state index contributed by atoms with van der Waals surface area (Å²) in [5.74, 6) is 0. The van der Waals surface area contributed by atoms with Gasteiger partial charge in [0, 0.05) is 0 Å². The van der Waals surface area contributed by atoms with Crippen LogP contribution in [0.5, 0.6) is 0 Å². The Morgan fingerprint density at radius 3 is 1.77 bits per heavy atom. The summed E-state index contributed by atoms with van der Waals surface area (Å²) in [4.78, 5) is 0. The molecule has 1 rings (SSSR count). The Balaban J connectivity index is 2.99. The van der Waals surface area contributed by atoms with Gasteiger partial charge in [-0.2, -0.15) is 0 Å². The second kappa shape index (κ2) is 4.77. The van der Waals surface area contributed by atoms with E-state index < -0.39 is 0 Å². The predicted molar refractivity (Wildman–Crippen MR) is 63.6 cm³/mol. The van der Waals surface area contributed by atoms with Crippen molar-refractivity contribution in [2.24, 2.45) is 0 Å². The molecule has 72 valence electrons. The lowest BCUT2D eigenvalue weighted by molar-refractivity contribution is 1.38. The van der Waals surface area contributed by atoms with Crippen molar-refractivity contribution in [1.29, 1.82) is 0 Å². The Morgan fingerprint density at radius 2 is 1.38 bits per heavy atom. The average molecular weight is 194 g/mol. The molecule has 1 aromatic rings. The number of hydrogen-bond acceptors (Lipinski definition) is 0. The molecule has 0 spiro atoms. The molecule has 0 radical (unpaired) electrons. The molecule has 0 aliphatic rings. The first kappa shape index (κ1) is 10.7. The molecular formula is C12H19P. The minimum absolute atomic E-state index is 0.116. The van der Waals surface area contributed by atoms with Crippen LogP contribution in [-0.4, -0.2) is 12.3 Å². The molecule has 1 aromatic carbocycles. The summed E-state index contributed by atoms with van der Waals surface area (Å²) in [6.07, 6.45) is 2.63. The fraction of sp³-hybridized carbons (Fsp3) is 0.500. The third-order valence-electron chi connectivity index (χ3n) is 2.34. The third kappa shape index (κ3) is 2.81. The minimum atomic E-state index is 0.116. The van der Waals surface area contributed by atoms with Gasteiger partial charge in [0.2, 0.25) is 0 Å². The molecule has 0 saturated carbocycles. The lowest BCUT2D eigenvalue weighted by Gasteiger charge is -2.14. The molecular weight excluding hydrogens is 175 g/mol. The summed E-state index contributed by atoms with van der Waals surface area (Å²) < 4.78 is 0. The van der Waals surface area contributed by atoms with Gasteiger partial charge in [-0.1, -0.05) is 51.1 Å². The van der Waals surface area contributed by atoms with Crippen molar-refractivity contribution in [3.63, 3.8) is 0 Å². The van der Waals surface area contributed by atoms with E-state index in [1.54, 1.807) is 5.30 Å². The molecule has 0 aliphatic carbocycles. The van der Waals surface area contributed by atoms with Crippen molar-refractivity contribution in [2.75, 3.05) is 12.3 Å². The van der Waals surface area contributed by atoms with Crippen molar-refractivity contribution in [1.82, 2.24) is 0 Å². The van der Waals surface area contributed by atoms with Gasteiger partial charge in [-0.05, 0) is 31.5 Å². The van der Waals surface area contributed by atoms with Crippen molar-refractivity contribution in [3.05, 3.63) is 29.3 Å². The van der Waals surface area contributed by atoms with E-state index >= 15 is 0 Å². The van der Waals surface area contributed by atoms with Crippen LogP contribution < -0.4 is 5.30 Å². The van der Waals surface area contributed by atoms with E-state index in [1.807, 2.05) is 0 Å². The van der Waals surface area contributed by atoms with Crippen LogP contribution in [0.2, 0.25) is 0 Å². The summed E-state index contributed by atoms with van der Waals surface area (Å²) >= 11 is 0. The molecule has 0 fully saturated rings. The van der Waals surface area contributed by atoms with E-state index in [0.717, 1.165) is 0 Å². The largest absolute Gasteiger partial charge is 0.0759 e. The van der Waals surface area contributed by atoms with E-state index in [2.05, 4.69) is 45.9 Å². The highest BCUT2D eigenvalue weighted by Gasteiger charge is 2.06. The van der Waals surface area contributed by atoms with Crippen LogP contribution in [-0.2, 0) is 0 Å². The first-order valence-corrected chi connectivity index (χ1v) is 6.71. The molecule has 0 aliphatic heterocycles. The Hall–Kier alpha value is -0.350. The van der Waals surface area contributed by atoms with Gasteiger partial charge in [-0.25, -0.2) is 0 Å². The predicted octanol–water partition coefficient (Wildman–Crippen LogP) is 3.45. The van der Waals surface area contributed by atoms with E-state index in [9.17, 15) is 0 Å². The normalized spacial score (nSPS) is 10.8. The van der Waals surface area contributed by atoms with Crippen LogP contribution in [0.4, 0.5) is 0 Å². The Labute approximate surface area is 83.1 Å². The first-order chi connectivity index (χ1) is 6.17. The van der Waals surface area contributed by atoms with E-state index in [0.29, 0.717) is 0 Å². The highest BCUT2D eigenvalue weighted by Crippen LogP contribution is 2.33. The van der Waals surface area contributed by atoms with Crippen molar-refractivity contribution in [2.45, 2.75) is 27.7 Å². The molecule has 0 saturated heterocycles. The van der Waals surface area contributed by atoms with Gasteiger partial charge in [0.05, 0.1) is 0 Å². The molecule has 0 unspecified atom stereocenters. The fourth-order valence-electron chi connectivity index (χ4n) is 1.72. The van der Waals surface area contributed by atoms with Crippen LogP contribution in [0, 0.1) is 13.8 Å². The molecule has 0 nitrogen and oxygen atoms in total. The van der Waals surface area contributed by atoms with Gasteiger partial charge in [0.25, 0.3) is 0 Å². The summed E-state index contributed by atoms with van der Waals surface area (Å²) in [5.41, 5.74) is 2.81. The topological polar surface area (TPSA) is 0 Å². The number of rotatable bonds is 3. The zero-order valence-electron chi connectivity index (χ0n) is 9.09. The van der Waals surface area contributed by atoms with Crippen LogP contribution in [0.25, 0.3) is 0 Å². The maximum Gasteiger partial charge on any atom is -0.0235 e. The van der Waals surface area contributed by atoms with Crippen molar-refractivity contribution < 1.29 is 0 Å². The fourth-order valence-corrected chi connectivity index (χ4v) is 3.67. The third-order valence-corrected chi connectivity index (χ3v) is 4.85. The zero-order valence-corrected chi connectivity index (χ0v) is 9.99. The van der Waals surface area contributed by atoms with Gasteiger partial charge in [-0.15, -0.1) is 0 Å². The smallest absolute Gasteiger partial charge is 0.0235 e. The van der Waals surface area contributed by atoms with Crippen molar-refractivity contribution in [3.8, 4) is 0 Å². The van der Waals surface area contributed by atoms with Crippen LogP contribution in [0.1, 0.15) is 25.0 Å². The van der Waals surface area contributed by atoms with Gasteiger partial charge in [0.1, 0.15) is 0 Å². The molecule has 0 heterocycles. The van der Waals surface area contributed by atoms with Crippen LogP contribution >= 0.6 is 7.92 Å². The number of aryl methyl sites for hydroxylation is 2. The molecule has 0 amide bonds. The van der Waals surface area contributed by atoms with E-state index in [-0.39, 0.29) is 7.92 Å². The molecule has 0 N–H and O–H groups in total. The molecule has 13 heavy (non-hydrogen) atoms. The summed E-state index contributed by atoms with van der Waals surface area (Å²) in [6.45, 7) is 8.98. The number of hydrogen-bond donors (Lipinski definition) is 0. The van der Waals surface area contributed by atoms with E-state index in [1.165, 1.54) is 23.5 Å². The monoisotopic (exact) mass is 194 g/mol.